The second-order valence-corrected chi connectivity index (χ2v) is 5.41. The molecule has 3 nitrogen and oxygen atoms in total. The number of nitrogens with one attached hydrogen (secondary N) is 1. The fourth-order valence-corrected chi connectivity index (χ4v) is 2.30. The van der Waals surface area contributed by atoms with Gasteiger partial charge in [0.25, 0.3) is 0 Å². The van der Waals surface area contributed by atoms with Gasteiger partial charge in [-0.25, -0.2) is 0 Å². The Balaban J connectivity index is 1.69. The molecule has 1 atom stereocenters. The number of hydrogen-bond donors (Lipinski definition) is 2. The quantitative estimate of drug-likeness (QED) is 0.723. The van der Waals surface area contributed by atoms with Crippen molar-refractivity contribution >= 4 is 0 Å². The van der Waals surface area contributed by atoms with Crippen molar-refractivity contribution in [2.45, 2.75) is 50.7 Å². The van der Waals surface area contributed by atoms with Gasteiger partial charge in [-0.3, -0.25) is 0 Å². The molecule has 0 radical (unpaired) electrons. The topological polar surface area (TPSA) is 41.5 Å². The van der Waals surface area contributed by atoms with Crippen LogP contribution in [0.1, 0.15) is 39.0 Å². The predicted octanol–water partition coefficient (Wildman–Crippen LogP) is 1.31. The molecule has 1 aliphatic heterocycles. The lowest BCUT2D eigenvalue weighted by atomic mass is 9.87. The molecule has 3 heteroatoms. The van der Waals surface area contributed by atoms with Gasteiger partial charge >= 0.3 is 0 Å². The average molecular weight is 213 g/mol. The number of hydrogen-bond acceptors (Lipinski definition) is 3. The molecule has 0 aromatic heterocycles. The number of ether oxygens (including phenoxy) is 1. The normalized spacial score (nSPS) is 27.6. The van der Waals surface area contributed by atoms with E-state index >= 15 is 0 Å². The zero-order chi connectivity index (χ0) is 10.7. The van der Waals surface area contributed by atoms with Crippen LogP contribution in [0.5, 0.6) is 0 Å². The van der Waals surface area contributed by atoms with Crippen molar-refractivity contribution in [3.8, 4) is 0 Å². The summed E-state index contributed by atoms with van der Waals surface area (Å²) in [5.74, 6) is 0.648. The van der Waals surface area contributed by atoms with Crippen LogP contribution < -0.4 is 5.32 Å². The highest BCUT2D eigenvalue weighted by atomic mass is 16.5. The average Bonchev–Trinajstić information content (AvgIpc) is 2.99. The molecule has 2 N–H and O–H groups in total. The van der Waals surface area contributed by atoms with Crippen molar-refractivity contribution in [1.29, 1.82) is 0 Å². The van der Waals surface area contributed by atoms with Crippen molar-refractivity contribution in [3.63, 3.8) is 0 Å². The molecule has 1 aliphatic carbocycles. The van der Waals surface area contributed by atoms with Crippen LogP contribution in [-0.4, -0.2) is 36.5 Å². The minimum Gasteiger partial charge on any atom is -0.389 e. The van der Waals surface area contributed by atoms with E-state index in [1.54, 1.807) is 0 Å². The van der Waals surface area contributed by atoms with E-state index in [4.69, 9.17) is 4.74 Å². The molecule has 0 bridgehead atoms. The van der Waals surface area contributed by atoms with E-state index in [-0.39, 0.29) is 0 Å². The highest BCUT2D eigenvalue weighted by molar-refractivity contribution is 4.87. The minimum absolute atomic E-state index is 0.537. The standard InChI is InChI=1S/C12H23NO2/c1-12(14,9-13-11-2-3-11)8-10-4-6-15-7-5-10/h10-11,13-14H,2-9H2,1H3. The Labute approximate surface area is 92.2 Å². The van der Waals surface area contributed by atoms with Crippen molar-refractivity contribution < 1.29 is 9.84 Å². The van der Waals surface area contributed by atoms with Crippen LogP contribution in [0.15, 0.2) is 0 Å². The maximum absolute atomic E-state index is 10.2. The molecule has 2 aliphatic rings. The third-order valence-corrected chi connectivity index (χ3v) is 3.42. The molecule has 0 amide bonds. The summed E-state index contributed by atoms with van der Waals surface area (Å²) < 4.78 is 5.33. The van der Waals surface area contributed by atoms with Gasteiger partial charge in [0.05, 0.1) is 5.60 Å². The summed E-state index contributed by atoms with van der Waals surface area (Å²) in [6.45, 7) is 4.44. The summed E-state index contributed by atoms with van der Waals surface area (Å²) in [6.07, 6.45) is 5.70. The van der Waals surface area contributed by atoms with E-state index in [1.807, 2.05) is 6.92 Å². The number of rotatable bonds is 5. The van der Waals surface area contributed by atoms with Gasteiger partial charge in [0.1, 0.15) is 0 Å². The summed E-state index contributed by atoms with van der Waals surface area (Å²) in [5.41, 5.74) is -0.537. The van der Waals surface area contributed by atoms with Gasteiger partial charge in [0.15, 0.2) is 0 Å². The molecule has 1 heterocycles. The van der Waals surface area contributed by atoms with Crippen LogP contribution >= 0.6 is 0 Å². The van der Waals surface area contributed by atoms with E-state index in [2.05, 4.69) is 5.32 Å². The van der Waals surface area contributed by atoms with Gasteiger partial charge in [-0.15, -0.1) is 0 Å². The van der Waals surface area contributed by atoms with Crippen molar-refractivity contribution in [2.75, 3.05) is 19.8 Å². The Morgan fingerprint density at radius 1 is 1.27 bits per heavy atom. The second-order valence-electron chi connectivity index (χ2n) is 5.41. The van der Waals surface area contributed by atoms with Crippen LogP contribution in [0.4, 0.5) is 0 Å². The molecule has 1 saturated carbocycles. The van der Waals surface area contributed by atoms with E-state index in [9.17, 15) is 5.11 Å². The highest BCUT2D eigenvalue weighted by Crippen LogP contribution is 2.26. The summed E-state index contributed by atoms with van der Waals surface area (Å²) in [6, 6.07) is 0.686. The van der Waals surface area contributed by atoms with E-state index in [0.717, 1.165) is 39.0 Å². The molecule has 2 rings (SSSR count). The van der Waals surface area contributed by atoms with Gasteiger partial charge in [-0.05, 0) is 44.9 Å². The predicted molar refractivity (Wildman–Crippen MR) is 59.8 cm³/mol. The Morgan fingerprint density at radius 2 is 1.93 bits per heavy atom. The monoisotopic (exact) mass is 213 g/mol. The molecule has 88 valence electrons. The lowest BCUT2D eigenvalue weighted by Crippen LogP contribution is -2.41. The van der Waals surface area contributed by atoms with Gasteiger partial charge in [0.2, 0.25) is 0 Å². The Kier molecular flexibility index (Phi) is 3.65. The zero-order valence-corrected chi connectivity index (χ0v) is 9.67. The smallest absolute Gasteiger partial charge is 0.0746 e. The summed E-state index contributed by atoms with van der Waals surface area (Å²) in [7, 11) is 0. The maximum atomic E-state index is 10.2. The molecule has 1 unspecified atom stereocenters. The van der Waals surface area contributed by atoms with Gasteiger partial charge in [-0.2, -0.15) is 0 Å². The number of aliphatic hydroxyl groups is 1. The lowest BCUT2D eigenvalue weighted by molar-refractivity contribution is 0.000475. The van der Waals surface area contributed by atoms with E-state index in [0.29, 0.717) is 12.0 Å². The zero-order valence-electron chi connectivity index (χ0n) is 9.67. The van der Waals surface area contributed by atoms with E-state index < -0.39 is 5.60 Å². The molecule has 0 spiro atoms. The molecular formula is C12H23NO2. The van der Waals surface area contributed by atoms with Gasteiger partial charge in [-0.1, -0.05) is 0 Å². The Bertz CT molecular complexity index is 196. The molecule has 15 heavy (non-hydrogen) atoms. The molecule has 1 saturated heterocycles. The maximum Gasteiger partial charge on any atom is 0.0746 e. The highest BCUT2D eigenvalue weighted by Gasteiger charge is 2.29. The van der Waals surface area contributed by atoms with Crippen LogP contribution in [-0.2, 0) is 4.74 Å². The third-order valence-electron chi connectivity index (χ3n) is 3.42. The van der Waals surface area contributed by atoms with Gasteiger partial charge < -0.3 is 15.2 Å². The van der Waals surface area contributed by atoms with Crippen molar-refractivity contribution in [1.82, 2.24) is 5.32 Å². The SMILES string of the molecule is CC(O)(CNC1CC1)CC1CCOCC1. The van der Waals surface area contributed by atoms with Crippen LogP contribution in [0.25, 0.3) is 0 Å². The van der Waals surface area contributed by atoms with E-state index in [1.165, 1.54) is 12.8 Å². The first kappa shape index (κ1) is 11.4. The largest absolute Gasteiger partial charge is 0.389 e. The van der Waals surface area contributed by atoms with Crippen molar-refractivity contribution in [2.24, 2.45) is 5.92 Å². The third kappa shape index (κ3) is 4.09. The lowest BCUT2D eigenvalue weighted by Gasteiger charge is -2.31. The summed E-state index contributed by atoms with van der Waals surface area (Å²) in [5, 5.41) is 13.6. The van der Waals surface area contributed by atoms with Crippen LogP contribution in [0, 0.1) is 5.92 Å². The minimum atomic E-state index is -0.537. The fraction of sp³-hybridized carbons (Fsp3) is 1.00. The Hall–Kier alpha value is -0.120. The first-order chi connectivity index (χ1) is 7.16. The van der Waals surface area contributed by atoms with Gasteiger partial charge in [0, 0.05) is 25.8 Å². The van der Waals surface area contributed by atoms with Crippen LogP contribution in [0.3, 0.4) is 0 Å². The first-order valence-electron chi connectivity index (χ1n) is 6.19. The molecule has 0 aromatic carbocycles. The van der Waals surface area contributed by atoms with Crippen molar-refractivity contribution in [3.05, 3.63) is 0 Å². The van der Waals surface area contributed by atoms with Crippen LogP contribution in [0.2, 0.25) is 0 Å². The fourth-order valence-electron chi connectivity index (χ4n) is 2.30. The Morgan fingerprint density at radius 3 is 2.53 bits per heavy atom. The second kappa shape index (κ2) is 4.81. The molecule has 0 aromatic rings. The summed E-state index contributed by atoms with van der Waals surface area (Å²) >= 11 is 0. The molecular weight excluding hydrogens is 190 g/mol. The first-order valence-corrected chi connectivity index (χ1v) is 6.19. The molecule has 2 fully saturated rings. The summed E-state index contributed by atoms with van der Waals surface area (Å²) in [4.78, 5) is 0.